The lowest BCUT2D eigenvalue weighted by Gasteiger charge is -2.58. The first kappa shape index (κ1) is 64.2. The van der Waals surface area contributed by atoms with Gasteiger partial charge in [-0.15, -0.1) is 0 Å². The summed E-state index contributed by atoms with van der Waals surface area (Å²) in [6.45, 7) is 7.25. The van der Waals surface area contributed by atoms with Crippen LogP contribution in [0.1, 0.15) is 86.0 Å². The maximum absolute atomic E-state index is 12.5. The minimum Gasteiger partial charge on any atom is -0.492 e. The van der Waals surface area contributed by atoms with E-state index in [9.17, 15) is 81.7 Å². The standard InChI is InChI=1S/C56H90O27/c1-21(19-73-52-46(40(67)37(64)31(17-58)79-52)82-51-43(70)39(66)36(63)30(16-57)78-51)6-9-33-56(5,72)48-29(77-33)15-27-25-8-7-23-14-24(10-12-54(23,3)26(25)11-13-55(27,48)4)76-53-47(83-50-42(69)38(65)34(61)22(2)75-50)44(71)45(32(18-59)80-53)81-49-41(68)35(62)28(60)20-74-49/h7,9,21-22,24-32,34-53,57-72H,6,8,10-20H2,1-5H3/b33-9-/t21-,22+,24+,25-,26+,27+,28-,29+,30-,31-,32-,34+,35+,36-,37-,38-,39+,40+,41-,42-,43-,44+,45-,46-,47-,48+,49+,50+,51+,52-,53-,54+,55+,56-/m1/s1. The van der Waals surface area contributed by atoms with E-state index in [0.717, 1.165) is 32.1 Å². The van der Waals surface area contributed by atoms with Crippen molar-refractivity contribution in [3.8, 4) is 0 Å². The third-order valence-electron chi connectivity index (χ3n) is 20.6. The van der Waals surface area contributed by atoms with Gasteiger partial charge in [0, 0.05) is 5.92 Å². The normalized spacial score (nSPS) is 54.5. The average Bonchev–Trinajstić information content (AvgIpc) is 2.26. The molecule has 0 unspecified atom stereocenters. The van der Waals surface area contributed by atoms with Crippen LogP contribution in [-0.2, 0) is 52.1 Å². The van der Waals surface area contributed by atoms with Gasteiger partial charge in [0.2, 0.25) is 0 Å². The van der Waals surface area contributed by atoms with E-state index in [0.29, 0.717) is 36.9 Å². The summed E-state index contributed by atoms with van der Waals surface area (Å²) >= 11 is 0. The number of hydrogen-bond acceptors (Lipinski definition) is 27. The Hall–Kier alpha value is -1.76. The number of rotatable bonds is 16. The molecule has 83 heavy (non-hydrogen) atoms. The van der Waals surface area contributed by atoms with Gasteiger partial charge in [-0.1, -0.05) is 32.4 Å². The van der Waals surface area contributed by atoms with Crippen LogP contribution in [0.2, 0.25) is 0 Å². The van der Waals surface area contributed by atoms with Gasteiger partial charge in [0.25, 0.3) is 0 Å². The van der Waals surface area contributed by atoms with Crippen molar-refractivity contribution in [3.05, 3.63) is 23.5 Å². The van der Waals surface area contributed by atoms with Gasteiger partial charge in [-0.05, 0) is 106 Å². The molecule has 0 amide bonds. The van der Waals surface area contributed by atoms with Crippen LogP contribution in [0.25, 0.3) is 0 Å². The molecule has 10 aliphatic rings. The maximum atomic E-state index is 12.5. The third-order valence-corrected chi connectivity index (χ3v) is 20.6. The molecule has 6 heterocycles. The third kappa shape index (κ3) is 11.8. The molecule has 0 spiro atoms. The summed E-state index contributed by atoms with van der Waals surface area (Å²) < 4.78 is 66.2. The molecule has 476 valence electrons. The van der Waals surface area contributed by atoms with Crippen LogP contribution in [-0.4, -0.2) is 280 Å². The molecule has 0 aromatic rings. The predicted molar refractivity (Wildman–Crippen MR) is 277 cm³/mol. The molecule has 3 saturated carbocycles. The van der Waals surface area contributed by atoms with Crippen LogP contribution < -0.4 is 0 Å². The van der Waals surface area contributed by atoms with Crippen LogP contribution in [0.15, 0.2) is 23.5 Å². The Morgan fingerprint density at radius 1 is 0.614 bits per heavy atom. The first-order valence-electron chi connectivity index (χ1n) is 29.5. The van der Waals surface area contributed by atoms with E-state index < -0.39 is 186 Å². The van der Waals surface area contributed by atoms with Gasteiger partial charge in [-0.25, -0.2) is 0 Å². The molecule has 0 radical (unpaired) electrons. The molecule has 0 aromatic heterocycles. The summed E-state index contributed by atoms with van der Waals surface area (Å²) in [6.07, 6.45) is -28.1. The van der Waals surface area contributed by atoms with Crippen LogP contribution in [0, 0.1) is 40.4 Å². The molecule has 16 N–H and O–H groups in total. The van der Waals surface area contributed by atoms with E-state index in [1.54, 1.807) is 0 Å². The second-order valence-corrected chi connectivity index (χ2v) is 25.9. The Kier molecular flexibility index (Phi) is 19.5. The van der Waals surface area contributed by atoms with Crippen molar-refractivity contribution in [2.45, 2.75) is 251 Å². The van der Waals surface area contributed by atoms with E-state index in [2.05, 4.69) is 19.9 Å². The Morgan fingerprint density at radius 2 is 1.20 bits per heavy atom. The van der Waals surface area contributed by atoms with Crippen molar-refractivity contribution in [2.24, 2.45) is 40.4 Å². The fourth-order valence-electron chi connectivity index (χ4n) is 15.8. The molecule has 27 heteroatoms. The van der Waals surface area contributed by atoms with E-state index in [1.807, 2.05) is 19.9 Å². The largest absolute Gasteiger partial charge is 0.492 e. The molecule has 6 saturated heterocycles. The highest BCUT2D eigenvalue weighted by Gasteiger charge is 2.69. The van der Waals surface area contributed by atoms with Crippen LogP contribution in [0.4, 0.5) is 0 Å². The Morgan fingerprint density at radius 3 is 1.88 bits per heavy atom. The van der Waals surface area contributed by atoms with E-state index in [4.69, 9.17) is 52.1 Å². The summed E-state index contributed by atoms with van der Waals surface area (Å²) in [6, 6.07) is 0. The minimum absolute atomic E-state index is 0.00254. The smallest absolute Gasteiger partial charge is 0.187 e. The molecule has 27 nitrogen and oxygen atoms in total. The lowest BCUT2D eigenvalue weighted by molar-refractivity contribution is -0.385. The molecular weight excluding hydrogens is 1100 g/mol. The van der Waals surface area contributed by atoms with E-state index >= 15 is 0 Å². The van der Waals surface area contributed by atoms with Gasteiger partial charge < -0.3 is 134 Å². The maximum Gasteiger partial charge on any atom is 0.187 e. The van der Waals surface area contributed by atoms with Gasteiger partial charge in [0.1, 0.15) is 127 Å². The van der Waals surface area contributed by atoms with E-state index in [1.165, 1.54) is 12.5 Å². The molecule has 0 aromatic carbocycles. The first-order chi connectivity index (χ1) is 39.3. The summed E-state index contributed by atoms with van der Waals surface area (Å²) in [5.74, 6) is 0.854. The zero-order valence-electron chi connectivity index (χ0n) is 47.4. The number of hydrogen-bond donors (Lipinski definition) is 16. The number of ether oxygens (including phenoxy) is 11. The topological polar surface area (TPSA) is 425 Å². The fraction of sp³-hybridized carbons (Fsp3) is 0.929. The van der Waals surface area contributed by atoms with Crippen LogP contribution in [0.3, 0.4) is 0 Å². The van der Waals surface area contributed by atoms with Crippen molar-refractivity contribution in [2.75, 3.05) is 33.0 Å². The Bertz CT molecular complexity index is 2240. The Balaban J connectivity index is 0.781. The summed E-state index contributed by atoms with van der Waals surface area (Å²) in [5.41, 5.74) is -0.571. The summed E-state index contributed by atoms with van der Waals surface area (Å²) in [4.78, 5) is 0. The highest BCUT2D eigenvalue weighted by atomic mass is 16.8. The van der Waals surface area contributed by atoms with Crippen molar-refractivity contribution < 1.29 is 134 Å². The fourth-order valence-corrected chi connectivity index (χ4v) is 15.8. The lowest BCUT2D eigenvalue weighted by Crippen LogP contribution is -2.66. The quantitative estimate of drug-likeness (QED) is 0.0647. The van der Waals surface area contributed by atoms with E-state index in [-0.39, 0.29) is 41.3 Å². The number of aliphatic hydroxyl groups excluding tert-OH is 15. The summed E-state index contributed by atoms with van der Waals surface area (Å²) in [5, 5.41) is 171. The van der Waals surface area contributed by atoms with Crippen LogP contribution >= 0.6 is 0 Å². The van der Waals surface area contributed by atoms with Gasteiger partial charge >= 0.3 is 0 Å². The van der Waals surface area contributed by atoms with Crippen LogP contribution in [0.5, 0.6) is 0 Å². The molecular formula is C56H90O27. The first-order valence-corrected chi connectivity index (χ1v) is 29.5. The molecule has 10 rings (SSSR count). The molecule has 34 atom stereocenters. The lowest BCUT2D eigenvalue weighted by atomic mass is 9.46. The summed E-state index contributed by atoms with van der Waals surface area (Å²) in [7, 11) is 0. The van der Waals surface area contributed by atoms with Crippen molar-refractivity contribution in [1.82, 2.24) is 0 Å². The number of aliphatic hydroxyl groups is 16. The van der Waals surface area contributed by atoms with Crippen molar-refractivity contribution in [3.63, 3.8) is 0 Å². The second-order valence-electron chi connectivity index (χ2n) is 25.9. The highest BCUT2D eigenvalue weighted by molar-refractivity contribution is 5.29. The number of fused-ring (bicyclic) bond motifs is 7. The second kappa shape index (κ2) is 25.3. The molecule has 6 aliphatic heterocycles. The zero-order valence-corrected chi connectivity index (χ0v) is 47.4. The van der Waals surface area contributed by atoms with Gasteiger partial charge in [-0.2, -0.15) is 0 Å². The SMILES string of the molecule is C[C@H](C/C=C1\O[C@H]2C[C@H]3[C@@H]4CC=C5C[C@@H](O[C@@H]6O[C@H](CO)[C@@H](O[C@@H]7OC[C@@H](O)[C@H](O)[C@H]7O)[C@H](O)[C@H]6O[C@@H]6O[C@@H](C)[C@H](O)[C@@H](O)[C@H]6O)CC[C@]5(C)[C@H]4CC[C@]3(C)[C@H]2[C@]1(C)O)CO[C@@H]1O[C@H](CO)[C@@H](O)[C@H](O)[C@H]1O[C@@H]1O[C@H](CO)[C@@H](O)[C@H](O)[C@H]1O. The minimum atomic E-state index is -1.81. The average molecular weight is 1200 g/mol. The van der Waals surface area contributed by atoms with Gasteiger partial charge in [0.15, 0.2) is 31.5 Å². The van der Waals surface area contributed by atoms with Crippen molar-refractivity contribution >= 4 is 0 Å². The van der Waals surface area contributed by atoms with Crippen molar-refractivity contribution in [1.29, 1.82) is 0 Å². The zero-order chi connectivity index (χ0) is 59.9. The Labute approximate surface area is 480 Å². The van der Waals surface area contributed by atoms with Gasteiger partial charge in [0.05, 0.1) is 45.2 Å². The molecule has 9 fully saturated rings. The molecule has 4 aliphatic carbocycles. The highest BCUT2D eigenvalue weighted by Crippen LogP contribution is 2.70. The van der Waals surface area contributed by atoms with Gasteiger partial charge in [-0.3, -0.25) is 0 Å². The number of allylic oxidation sites excluding steroid dienone is 2. The predicted octanol–water partition coefficient (Wildman–Crippen LogP) is -4.62. The monoisotopic (exact) mass is 1190 g/mol. The molecule has 0 bridgehead atoms.